The lowest BCUT2D eigenvalue weighted by atomic mass is 9.99. The van der Waals surface area contributed by atoms with Crippen LogP contribution in [0.15, 0.2) is 18.2 Å². The highest BCUT2D eigenvalue weighted by Gasteiger charge is 2.35. The van der Waals surface area contributed by atoms with Crippen LogP contribution in [0.5, 0.6) is 0 Å². The van der Waals surface area contributed by atoms with E-state index in [9.17, 15) is 18.0 Å². The molecule has 0 aliphatic carbocycles. The summed E-state index contributed by atoms with van der Waals surface area (Å²) in [5, 5.41) is 2.01. The fourth-order valence-corrected chi connectivity index (χ4v) is 1.83. The lowest BCUT2D eigenvalue weighted by Crippen LogP contribution is -2.41. The number of para-hydroxylation sites is 1. The zero-order valence-corrected chi connectivity index (χ0v) is 11.8. The molecule has 0 spiro atoms. The van der Waals surface area contributed by atoms with Crippen LogP contribution in [-0.4, -0.2) is 11.9 Å². The third-order valence-corrected chi connectivity index (χ3v) is 3.44. The van der Waals surface area contributed by atoms with E-state index in [2.05, 4.69) is 5.32 Å². The van der Waals surface area contributed by atoms with Crippen molar-refractivity contribution in [2.24, 2.45) is 11.7 Å². The summed E-state index contributed by atoms with van der Waals surface area (Å²) in [5.74, 6) is -0.829. The van der Waals surface area contributed by atoms with Crippen molar-refractivity contribution in [3.8, 4) is 0 Å². The second-order valence-electron chi connectivity index (χ2n) is 4.56. The van der Waals surface area contributed by atoms with Crippen molar-refractivity contribution >= 4 is 23.2 Å². The van der Waals surface area contributed by atoms with Gasteiger partial charge in [-0.25, -0.2) is 0 Å². The number of carbonyl (C=O) groups excluding carboxylic acids is 1. The van der Waals surface area contributed by atoms with Crippen molar-refractivity contribution in [2.45, 2.75) is 32.5 Å². The predicted octanol–water partition coefficient (Wildman–Crippen LogP) is 3.67. The molecule has 0 fully saturated rings. The summed E-state index contributed by atoms with van der Waals surface area (Å²) in [6.07, 6.45) is -3.96. The molecular formula is C13H16ClF3N2O. The SMILES string of the molecule is CCC(C)[C@H](N)C(=O)Nc1c(Cl)cccc1C(F)(F)F. The minimum absolute atomic E-state index is 0.146. The number of hydrogen-bond donors (Lipinski definition) is 2. The molecule has 20 heavy (non-hydrogen) atoms. The molecule has 1 aromatic carbocycles. The fourth-order valence-electron chi connectivity index (χ4n) is 1.61. The molecule has 0 saturated heterocycles. The number of halogens is 4. The molecule has 7 heteroatoms. The summed E-state index contributed by atoms with van der Waals surface area (Å²) < 4.78 is 38.6. The fraction of sp³-hybridized carbons (Fsp3) is 0.462. The minimum Gasteiger partial charge on any atom is -0.323 e. The van der Waals surface area contributed by atoms with E-state index in [0.29, 0.717) is 6.42 Å². The Morgan fingerprint density at radius 2 is 2.05 bits per heavy atom. The molecule has 1 aromatic rings. The lowest BCUT2D eigenvalue weighted by molar-refractivity contribution is -0.137. The van der Waals surface area contributed by atoms with Crippen LogP contribution in [0.25, 0.3) is 0 Å². The molecule has 0 bridgehead atoms. The first-order chi connectivity index (χ1) is 9.18. The average Bonchev–Trinajstić information content (AvgIpc) is 2.37. The second kappa shape index (κ2) is 6.45. The van der Waals surface area contributed by atoms with Crippen LogP contribution in [0.4, 0.5) is 18.9 Å². The van der Waals surface area contributed by atoms with Gasteiger partial charge in [-0.3, -0.25) is 4.79 Å². The van der Waals surface area contributed by atoms with Crippen LogP contribution in [0.1, 0.15) is 25.8 Å². The Kier molecular flexibility index (Phi) is 5.42. The number of carbonyl (C=O) groups is 1. The monoisotopic (exact) mass is 308 g/mol. The van der Waals surface area contributed by atoms with Crippen molar-refractivity contribution in [1.29, 1.82) is 0 Å². The number of amides is 1. The standard InChI is InChI=1S/C13H16ClF3N2O/c1-3-7(2)10(18)12(20)19-11-8(13(15,16)17)5-4-6-9(11)14/h4-7,10H,3,18H2,1-2H3,(H,19,20)/t7?,10-/m0/s1. The average molecular weight is 309 g/mol. The normalized spacial score (nSPS) is 14.8. The van der Waals surface area contributed by atoms with Gasteiger partial charge < -0.3 is 11.1 Å². The third-order valence-electron chi connectivity index (χ3n) is 3.13. The van der Waals surface area contributed by atoms with Crippen LogP contribution in [-0.2, 0) is 11.0 Å². The molecule has 0 heterocycles. The van der Waals surface area contributed by atoms with E-state index < -0.39 is 29.4 Å². The summed E-state index contributed by atoms with van der Waals surface area (Å²) in [5.41, 5.74) is 4.25. The number of nitrogens with two attached hydrogens (primary N) is 1. The molecule has 112 valence electrons. The van der Waals surface area contributed by atoms with Crippen LogP contribution in [0.3, 0.4) is 0 Å². The highest BCUT2D eigenvalue weighted by Crippen LogP contribution is 2.38. The molecule has 3 N–H and O–H groups in total. The summed E-state index contributed by atoms with van der Waals surface area (Å²) >= 11 is 5.74. The Balaban J connectivity index is 3.06. The van der Waals surface area contributed by atoms with Gasteiger partial charge in [0.05, 0.1) is 22.3 Å². The van der Waals surface area contributed by atoms with E-state index >= 15 is 0 Å². The molecule has 0 radical (unpaired) electrons. The van der Waals surface area contributed by atoms with E-state index in [1.165, 1.54) is 12.1 Å². The maximum Gasteiger partial charge on any atom is 0.418 e. The third kappa shape index (κ3) is 3.86. The summed E-state index contributed by atoms with van der Waals surface area (Å²) in [7, 11) is 0. The van der Waals surface area contributed by atoms with E-state index in [1.807, 2.05) is 6.92 Å². The smallest absolute Gasteiger partial charge is 0.323 e. The van der Waals surface area contributed by atoms with Gasteiger partial charge in [0.2, 0.25) is 5.91 Å². The quantitative estimate of drug-likeness (QED) is 0.891. The number of hydrogen-bond acceptors (Lipinski definition) is 2. The summed E-state index contributed by atoms with van der Waals surface area (Å²) in [6, 6.07) is 2.42. The highest BCUT2D eigenvalue weighted by atomic mass is 35.5. The van der Waals surface area contributed by atoms with Gasteiger partial charge in [0.15, 0.2) is 0 Å². The Hall–Kier alpha value is -1.27. The van der Waals surface area contributed by atoms with Gasteiger partial charge in [-0.2, -0.15) is 13.2 Å². The van der Waals surface area contributed by atoms with Gasteiger partial charge >= 0.3 is 6.18 Å². The molecular weight excluding hydrogens is 293 g/mol. The minimum atomic E-state index is -4.60. The molecule has 0 aromatic heterocycles. The molecule has 1 amide bonds. The van der Waals surface area contributed by atoms with Crippen LogP contribution >= 0.6 is 11.6 Å². The molecule has 0 aliphatic heterocycles. The van der Waals surface area contributed by atoms with E-state index in [0.717, 1.165) is 6.07 Å². The Morgan fingerprint density at radius 3 is 2.55 bits per heavy atom. The Bertz CT molecular complexity index is 491. The van der Waals surface area contributed by atoms with E-state index in [4.69, 9.17) is 17.3 Å². The topological polar surface area (TPSA) is 55.1 Å². The molecule has 0 saturated carbocycles. The van der Waals surface area contributed by atoms with Crippen LogP contribution in [0, 0.1) is 5.92 Å². The first kappa shape index (κ1) is 16.8. The van der Waals surface area contributed by atoms with Crippen molar-refractivity contribution in [3.05, 3.63) is 28.8 Å². The molecule has 1 unspecified atom stereocenters. The van der Waals surface area contributed by atoms with Crippen LogP contribution < -0.4 is 11.1 Å². The Morgan fingerprint density at radius 1 is 1.45 bits per heavy atom. The predicted molar refractivity (Wildman–Crippen MR) is 72.5 cm³/mol. The van der Waals surface area contributed by atoms with Gasteiger partial charge in [-0.15, -0.1) is 0 Å². The Labute approximate surface area is 120 Å². The second-order valence-corrected chi connectivity index (χ2v) is 4.97. The van der Waals surface area contributed by atoms with Gasteiger partial charge in [-0.05, 0) is 18.1 Å². The van der Waals surface area contributed by atoms with Gasteiger partial charge in [-0.1, -0.05) is 37.9 Å². The number of anilines is 1. The first-order valence-electron chi connectivity index (χ1n) is 6.10. The number of alkyl halides is 3. The van der Waals surface area contributed by atoms with Gasteiger partial charge in [0, 0.05) is 0 Å². The maximum atomic E-state index is 12.9. The van der Waals surface area contributed by atoms with Crippen molar-refractivity contribution in [1.82, 2.24) is 0 Å². The van der Waals surface area contributed by atoms with E-state index in [1.54, 1.807) is 6.92 Å². The summed E-state index contributed by atoms with van der Waals surface area (Å²) in [6.45, 7) is 3.59. The molecule has 2 atom stereocenters. The molecule has 3 nitrogen and oxygen atoms in total. The zero-order chi connectivity index (χ0) is 15.5. The van der Waals surface area contributed by atoms with Crippen molar-refractivity contribution in [3.63, 3.8) is 0 Å². The van der Waals surface area contributed by atoms with Crippen molar-refractivity contribution in [2.75, 3.05) is 5.32 Å². The number of benzene rings is 1. The largest absolute Gasteiger partial charge is 0.418 e. The first-order valence-corrected chi connectivity index (χ1v) is 6.48. The van der Waals surface area contributed by atoms with Gasteiger partial charge in [0.1, 0.15) is 0 Å². The number of nitrogens with one attached hydrogen (secondary N) is 1. The molecule has 0 aliphatic rings. The van der Waals surface area contributed by atoms with Gasteiger partial charge in [0.25, 0.3) is 0 Å². The zero-order valence-electron chi connectivity index (χ0n) is 11.1. The van der Waals surface area contributed by atoms with E-state index in [-0.39, 0.29) is 10.9 Å². The summed E-state index contributed by atoms with van der Waals surface area (Å²) in [4.78, 5) is 11.9. The highest BCUT2D eigenvalue weighted by molar-refractivity contribution is 6.34. The van der Waals surface area contributed by atoms with Crippen LogP contribution in [0.2, 0.25) is 5.02 Å². The lowest BCUT2D eigenvalue weighted by Gasteiger charge is -2.20. The van der Waals surface area contributed by atoms with Crippen molar-refractivity contribution < 1.29 is 18.0 Å². The number of rotatable bonds is 4. The molecule has 1 rings (SSSR count). The maximum absolute atomic E-state index is 12.9.